The molecule has 0 aromatic carbocycles. The Balaban J connectivity index is 1.49. The Hall–Kier alpha value is -2.61. The van der Waals surface area contributed by atoms with E-state index >= 15 is 0 Å². The lowest BCUT2D eigenvalue weighted by Crippen LogP contribution is -2.53. The summed E-state index contributed by atoms with van der Waals surface area (Å²) in [6.07, 6.45) is 3.91. The predicted octanol–water partition coefficient (Wildman–Crippen LogP) is 3.71. The third-order valence-electron chi connectivity index (χ3n) is 6.26. The van der Waals surface area contributed by atoms with Gasteiger partial charge in [-0.25, -0.2) is 14.8 Å². The predicted molar refractivity (Wildman–Crippen MR) is 127 cm³/mol. The maximum atomic E-state index is 12.0. The first-order valence-electron chi connectivity index (χ1n) is 11.3. The fourth-order valence-electron chi connectivity index (χ4n) is 4.62. The van der Waals surface area contributed by atoms with Gasteiger partial charge >= 0.3 is 5.97 Å². The molecule has 0 aliphatic carbocycles. The fourth-order valence-corrected chi connectivity index (χ4v) is 4.79. The van der Waals surface area contributed by atoms with E-state index in [-0.39, 0.29) is 12.0 Å². The number of aryl methyl sites for hydroxylation is 1. The zero-order valence-electron chi connectivity index (χ0n) is 19.2. The lowest BCUT2D eigenvalue weighted by molar-refractivity contribution is 0.0526. The maximum absolute atomic E-state index is 12.0. The number of ether oxygens (including phenoxy) is 1. The molecular weight excluding hydrogens is 428 g/mol. The van der Waals surface area contributed by atoms with Gasteiger partial charge in [-0.05, 0) is 52.2 Å². The van der Waals surface area contributed by atoms with Crippen LogP contribution in [0.25, 0.3) is 0 Å². The van der Waals surface area contributed by atoms with Crippen LogP contribution in [0.15, 0.2) is 18.3 Å². The van der Waals surface area contributed by atoms with Crippen LogP contribution < -0.4 is 14.7 Å². The molecule has 0 N–H and O–H groups in total. The van der Waals surface area contributed by atoms with Crippen LogP contribution >= 0.6 is 11.6 Å². The summed E-state index contributed by atoms with van der Waals surface area (Å²) in [5.41, 5.74) is 1.45. The summed E-state index contributed by atoms with van der Waals surface area (Å²) in [5, 5.41) is 0.478. The van der Waals surface area contributed by atoms with Crippen molar-refractivity contribution >= 4 is 35.2 Å². The van der Waals surface area contributed by atoms with Gasteiger partial charge in [0.1, 0.15) is 16.8 Å². The van der Waals surface area contributed by atoms with E-state index in [0.717, 1.165) is 62.2 Å². The highest BCUT2D eigenvalue weighted by Gasteiger charge is 2.29. The number of rotatable bonds is 5. The molecular formula is C23H31ClN6O2. The largest absolute Gasteiger partial charge is 0.462 e. The van der Waals surface area contributed by atoms with E-state index in [2.05, 4.69) is 38.5 Å². The lowest BCUT2D eigenvalue weighted by atomic mass is 10.1. The van der Waals surface area contributed by atoms with Gasteiger partial charge in [-0.15, -0.1) is 0 Å². The molecule has 172 valence electrons. The van der Waals surface area contributed by atoms with Gasteiger partial charge < -0.3 is 19.4 Å². The zero-order chi connectivity index (χ0) is 22.8. The van der Waals surface area contributed by atoms with Crippen molar-refractivity contribution in [3.63, 3.8) is 0 Å². The van der Waals surface area contributed by atoms with Gasteiger partial charge in [0.25, 0.3) is 0 Å². The molecule has 0 amide bonds. The molecule has 0 spiro atoms. The van der Waals surface area contributed by atoms with Gasteiger partial charge in [0, 0.05) is 50.5 Å². The van der Waals surface area contributed by atoms with E-state index in [0.29, 0.717) is 23.4 Å². The summed E-state index contributed by atoms with van der Waals surface area (Å²) in [7, 11) is 0. The van der Waals surface area contributed by atoms with Gasteiger partial charge in [-0.3, -0.25) is 0 Å². The normalized spacial score (nSPS) is 21.2. The molecule has 2 atom stereocenters. The topological polar surface area (TPSA) is 74.7 Å². The van der Waals surface area contributed by atoms with Crippen LogP contribution in [0.5, 0.6) is 0 Å². The van der Waals surface area contributed by atoms with E-state index in [1.165, 1.54) is 0 Å². The number of pyridine rings is 1. The van der Waals surface area contributed by atoms with Crippen LogP contribution in [-0.4, -0.2) is 65.8 Å². The molecule has 2 fully saturated rings. The number of piperazine rings is 1. The van der Waals surface area contributed by atoms with Gasteiger partial charge in [0.15, 0.2) is 0 Å². The smallest absolute Gasteiger partial charge is 0.339 e. The third kappa shape index (κ3) is 4.60. The van der Waals surface area contributed by atoms with Crippen molar-refractivity contribution in [1.82, 2.24) is 15.0 Å². The third-order valence-corrected chi connectivity index (χ3v) is 6.46. The second-order valence-corrected chi connectivity index (χ2v) is 8.99. The van der Waals surface area contributed by atoms with Crippen molar-refractivity contribution in [2.24, 2.45) is 0 Å². The molecule has 4 rings (SSSR count). The summed E-state index contributed by atoms with van der Waals surface area (Å²) in [4.78, 5) is 32.7. The number of hydrogen-bond donors (Lipinski definition) is 0. The van der Waals surface area contributed by atoms with E-state index in [1.807, 2.05) is 19.1 Å². The molecule has 0 bridgehead atoms. The maximum Gasteiger partial charge on any atom is 0.339 e. The highest BCUT2D eigenvalue weighted by molar-refractivity contribution is 6.29. The van der Waals surface area contributed by atoms with E-state index in [9.17, 15) is 4.79 Å². The molecule has 2 aromatic heterocycles. The Morgan fingerprint density at radius 3 is 2.62 bits per heavy atom. The van der Waals surface area contributed by atoms with Crippen molar-refractivity contribution in [2.75, 3.05) is 47.5 Å². The number of halogens is 1. The number of anilines is 3. The average molecular weight is 459 g/mol. The average Bonchev–Trinajstić information content (AvgIpc) is 3.19. The number of hydrogen-bond acceptors (Lipinski definition) is 8. The van der Waals surface area contributed by atoms with Gasteiger partial charge in [0.2, 0.25) is 5.95 Å². The Labute approximate surface area is 194 Å². The second kappa shape index (κ2) is 9.48. The van der Waals surface area contributed by atoms with E-state index < -0.39 is 0 Å². The number of carbonyl (C=O) groups excluding carboxylic acids is 1. The number of esters is 1. The second-order valence-electron chi connectivity index (χ2n) is 8.61. The minimum absolute atomic E-state index is 0.213. The SMILES string of the molecule is CCOC(=O)c1cnc(N2CCN(c3cc(Cl)nc(N4CCCC4C)n3)[C@H](C)C2)c(C)c1. The van der Waals surface area contributed by atoms with Crippen LogP contribution in [-0.2, 0) is 4.74 Å². The van der Waals surface area contributed by atoms with Gasteiger partial charge in [-0.1, -0.05) is 11.6 Å². The van der Waals surface area contributed by atoms with Crippen LogP contribution in [0, 0.1) is 6.92 Å². The highest BCUT2D eigenvalue weighted by atomic mass is 35.5. The molecule has 1 unspecified atom stereocenters. The van der Waals surface area contributed by atoms with Crippen LogP contribution in [0.2, 0.25) is 5.15 Å². The molecule has 4 heterocycles. The standard InChI is InChI=1S/C23H31ClN6O2/c1-5-32-22(31)18-11-15(2)21(25-13-18)28-9-10-29(17(4)14-28)20-12-19(24)26-23(27-20)30-8-6-7-16(30)3/h11-13,16-17H,5-10,14H2,1-4H3/t16?,17-/m1/s1. The molecule has 32 heavy (non-hydrogen) atoms. The number of nitrogens with zero attached hydrogens (tertiary/aromatic N) is 6. The minimum Gasteiger partial charge on any atom is -0.462 e. The molecule has 9 heteroatoms. The highest BCUT2D eigenvalue weighted by Crippen LogP contribution is 2.29. The van der Waals surface area contributed by atoms with E-state index in [1.54, 1.807) is 13.1 Å². The van der Waals surface area contributed by atoms with Crippen molar-refractivity contribution in [1.29, 1.82) is 0 Å². The summed E-state index contributed by atoms with van der Waals surface area (Å²) < 4.78 is 5.09. The van der Waals surface area contributed by atoms with Gasteiger partial charge in [-0.2, -0.15) is 4.98 Å². The van der Waals surface area contributed by atoms with Crippen molar-refractivity contribution in [3.8, 4) is 0 Å². The monoisotopic (exact) mass is 458 g/mol. The fraction of sp³-hybridized carbons (Fsp3) is 0.565. The Morgan fingerprint density at radius 1 is 1.16 bits per heavy atom. The first-order valence-corrected chi connectivity index (χ1v) is 11.7. The van der Waals surface area contributed by atoms with Crippen molar-refractivity contribution in [3.05, 3.63) is 34.6 Å². The molecule has 2 aromatic rings. The molecule has 0 radical (unpaired) electrons. The van der Waals surface area contributed by atoms with Crippen molar-refractivity contribution < 1.29 is 9.53 Å². The van der Waals surface area contributed by atoms with Crippen LogP contribution in [0.3, 0.4) is 0 Å². The first kappa shape index (κ1) is 22.6. The zero-order valence-corrected chi connectivity index (χ0v) is 20.0. The first-order chi connectivity index (χ1) is 15.4. The molecule has 2 aliphatic rings. The summed E-state index contributed by atoms with van der Waals surface area (Å²) >= 11 is 6.39. The molecule has 2 aliphatic heterocycles. The summed E-state index contributed by atoms with van der Waals surface area (Å²) in [6, 6.07) is 4.35. The number of aromatic nitrogens is 3. The van der Waals surface area contributed by atoms with Gasteiger partial charge in [0.05, 0.1) is 12.2 Å². The lowest BCUT2D eigenvalue weighted by Gasteiger charge is -2.41. The number of carbonyl (C=O) groups is 1. The molecule has 0 saturated carbocycles. The summed E-state index contributed by atoms with van der Waals surface area (Å²) in [5.74, 6) is 2.15. The van der Waals surface area contributed by atoms with Crippen LogP contribution in [0.1, 0.15) is 49.5 Å². The molecule has 8 nitrogen and oxygen atoms in total. The van der Waals surface area contributed by atoms with Crippen LogP contribution in [0.4, 0.5) is 17.6 Å². The minimum atomic E-state index is -0.336. The quantitative estimate of drug-likeness (QED) is 0.495. The van der Waals surface area contributed by atoms with Crippen molar-refractivity contribution in [2.45, 2.75) is 52.6 Å². The summed E-state index contributed by atoms with van der Waals surface area (Å²) in [6.45, 7) is 11.9. The Morgan fingerprint density at radius 2 is 1.97 bits per heavy atom. The Kier molecular flexibility index (Phi) is 6.69. The molecule has 2 saturated heterocycles. The Bertz CT molecular complexity index is 987. The van der Waals surface area contributed by atoms with E-state index in [4.69, 9.17) is 21.3 Å².